The molecule has 1 aromatic carbocycles. The number of carboxylic acids is 1. The maximum atomic E-state index is 12.0. The number of thioether (sulfide) groups is 1. The molecule has 21 heavy (non-hydrogen) atoms. The first-order valence-electron chi connectivity index (χ1n) is 6.39. The normalized spacial score (nSPS) is 20.5. The molecule has 1 amide bonds. The number of amides is 1. The van der Waals surface area contributed by atoms with E-state index >= 15 is 0 Å². The van der Waals surface area contributed by atoms with E-state index in [1.54, 1.807) is 0 Å². The van der Waals surface area contributed by atoms with Crippen LogP contribution < -0.4 is 5.32 Å². The zero-order valence-corrected chi connectivity index (χ0v) is 12.3. The van der Waals surface area contributed by atoms with Gasteiger partial charge in [0.1, 0.15) is 6.04 Å². The van der Waals surface area contributed by atoms with Gasteiger partial charge >= 0.3 is 5.97 Å². The lowest BCUT2D eigenvalue weighted by Gasteiger charge is -2.19. The van der Waals surface area contributed by atoms with Gasteiger partial charge in [-0.15, -0.1) is 11.8 Å². The predicted molar refractivity (Wildman–Crippen MR) is 80.5 cm³/mol. The van der Waals surface area contributed by atoms with Crippen LogP contribution in [-0.4, -0.2) is 51.1 Å². The van der Waals surface area contributed by atoms with E-state index in [-0.39, 0.29) is 12.5 Å². The fourth-order valence-electron chi connectivity index (χ4n) is 1.70. The second-order valence-electron chi connectivity index (χ2n) is 4.92. The zero-order valence-electron chi connectivity index (χ0n) is 11.4. The largest absolute Gasteiger partial charge is 0.479 e. The predicted octanol–water partition coefficient (Wildman–Crippen LogP) is 0.500. The molecule has 0 spiro atoms. The van der Waals surface area contributed by atoms with Crippen LogP contribution in [0.15, 0.2) is 35.3 Å². The van der Waals surface area contributed by atoms with Gasteiger partial charge in [0.15, 0.2) is 5.60 Å². The van der Waals surface area contributed by atoms with Gasteiger partial charge in [0.05, 0.1) is 11.6 Å². The van der Waals surface area contributed by atoms with Crippen LogP contribution in [0, 0.1) is 0 Å². The smallest absolute Gasteiger partial charge is 0.337 e. The molecule has 0 fully saturated rings. The molecule has 1 aromatic rings. The molecule has 2 atom stereocenters. The summed E-state index contributed by atoms with van der Waals surface area (Å²) in [7, 11) is 0. The third-order valence-corrected chi connectivity index (χ3v) is 4.14. The van der Waals surface area contributed by atoms with Gasteiger partial charge in [-0.25, -0.2) is 4.79 Å². The van der Waals surface area contributed by atoms with Gasteiger partial charge in [-0.1, -0.05) is 30.3 Å². The molecular weight excluding hydrogens is 292 g/mol. The number of aliphatic carboxylic acids is 1. The maximum absolute atomic E-state index is 12.0. The lowest BCUT2D eigenvalue weighted by molar-refractivity contribution is -0.156. The number of carboxylic acid groups (broad SMARTS) is 1. The van der Waals surface area contributed by atoms with Crippen molar-refractivity contribution in [2.24, 2.45) is 4.99 Å². The van der Waals surface area contributed by atoms with Crippen molar-refractivity contribution in [3.8, 4) is 0 Å². The molecule has 3 N–H and O–H groups in total. The van der Waals surface area contributed by atoms with Crippen molar-refractivity contribution in [2.75, 3.05) is 12.3 Å². The SMILES string of the molecule is CC(O)(CNC(=O)C1CSC(c2ccccc2)=N1)C(=O)O. The number of benzene rings is 1. The number of nitrogens with one attached hydrogen (secondary N) is 1. The van der Waals surface area contributed by atoms with Gasteiger partial charge in [0.25, 0.3) is 0 Å². The Labute approximate surface area is 126 Å². The summed E-state index contributed by atoms with van der Waals surface area (Å²) in [4.78, 5) is 27.1. The van der Waals surface area contributed by atoms with Crippen LogP contribution in [0.4, 0.5) is 0 Å². The van der Waals surface area contributed by atoms with Crippen molar-refractivity contribution < 1.29 is 19.8 Å². The Morgan fingerprint density at radius 2 is 2.10 bits per heavy atom. The third kappa shape index (κ3) is 3.83. The molecule has 112 valence electrons. The highest BCUT2D eigenvalue weighted by molar-refractivity contribution is 8.14. The molecule has 0 aromatic heterocycles. The molecule has 0 saturated carbocycles. The molecular formula is C14H16N2O4S. The number of carbonyl (C=O) groups is 2. The summed E-state index contributed by atoms with van der Waals surface area (Å²) in [5, 5.41) is 21.6. The van der Waals surface area contributed by atoms with Gasteiger partial charge < -0.3 is 15.5 Å². The van der Waals surface area contributed by atoms with Crippen LogP contribution in [0.1, 0.15) is 12.5 Å². The second kappa shape index (κ2) is 6.28. The van der Waals surface area contributed by atoms with Gasteiger partial charge in [-0.2, -0.15) is 0 Å². The molecule has 2 rings (SSSR count). The van der Waals surface area contributed by atoms with E-state index in [0.717, 1.165) is 17.5 Å². The quantitative estimate of drug-likeness (QED) is 0.736. The summed E-state index contributed by atoms with van der Waals surface area (Å²) in [6, 6.07) is 8.98. The summed E-state index contributed by atoms with van der Waals surface area (Å²) in [6.07, 6.45) is 0. The van der Waals surface area contributed by atoms with Gasteiger partial charge in [-0.05, 0) is 6.92 Å². The number of aliphatic imine (C=N–C) groups is 1. The van der Waals surface area contributed by atoms with Crippen LogP contribution in [0.25, 0.3) is 0 Å². The van der Waals surface area contributed by atoms with Crippen LogP contribution in [0.2, 0.25) is 0 Å². The average molecular weight is 308 g/mol. The molecule has 0 aliphatic carbocycles. The van der Waals surface area contributed by atoms with Gasteiger partial charge in [0.2, 0.25) is 5.91 Å². The Morgan fingerprint density at radius 1 is 1.43 bits per heavy atom. The molecule has 2 unspecified atom stereocenters. The van der Waals surface area contributed by atoms with E-state index in [1.165, 1.54) is 11.8 Å². The minimum absolute atomic E-state index is 0.349. The number of carbonyl (C=O) groups excluding carboxylic acids is 1. The third-order valence-electron chi connectivity index (χ3n) is 3.04. The van der Waals surface area contributed by atoms with E-state index in [9.17, 15) is 14.7 Å². The Balaban J connectivity index is 1.96. The molecule has 1 heterocycles. The van der Waals surface area contributed by atoms with Crippen molar-refractivity contribution in [2.45, 2.75) is 18.6 Å². The van der Waals surface area contributed by atoms with Crippen LogP contribution in [0.5, 0.6) is 0 Å². The highest BCUT2D eigenvalue weighted by Crippen LogP contribution is 2.23. The maximum Gasteiger partial charge on any atom is 0.337 e. The van der Waals surface area contributed by atoms with Gasteiger partial charge in [-0.3, -0.25) is 9.79 Å². The lowest BCUT2D eigenvalue weighted by atomic mass is 10.1. The first kappa shape index (κ1) is 15.5. The summed E-state index contributed by atoms with van der Waals surface area (Å²) in [6.45, 7) is 0.788. The summed E-state index contributed by atoms with van der Waals surface area (Å²) in [5.74, 6) is -1.25. The first-order chi connectivity index (χ1) is 9.90. The van der Waals surface area contributed by atoms with E-state index < -0.39 is 17.6 Å². The summed E-state index contributed by atoms with van der Waals surface area (Å²) < 4.78 is 0. The number of hydrogen-bond acceptors (Lipinski definition) is 5. The van der Waals surface area contributed by atoms with E-state index in [0.29, 0.717) is 5.75 Å². The molecule has 1 aliphatic rings. The average Bonchev–Trinajstić information content (AvgIpc) is 2.95. The number of rotatable bonds is 5. The van der Waals surface area contributed by atoms with E-state index in [2.05, 4.69) is 10.3 Å². The van der Waals surface area contributed by atoms with Crippen LogP contribution >= 0.6 is 11.8 Å². The Morgan fingerprint density at radius 3 is 2.71 bits per heavy atom. The molecule has 1 aliphatic heterocycles. The van der Waals surface area contributed by atoms with E-state index in [4.69, 9.17) is 5.11 Å². The van der Waals surface area contributed by atoms with E-state index in [1.807, 2.05) is 30.3 Å². The molecule has 7 heteroatoms. The van der Waals surface area contributed by atoms with Crippen molar-refractivity contribution in [3.63, 3.8) is 0 Å². The monoisotopic (exact) mass is 308 g/mol. The van der Waals surface area contributed by atoms with Crippen LogP contribution in [-0.2, 0) is 9.59 Å². The Bertz CT molecular complexity index is 572. The summed E-state index contributed by atoms with van der Waals surface area (Å²) in [5.41, 5.74) is -1.02. The topological polar surface area (TPSA) is 99.0 Å². The number of hydrogen-bond donors (Lipinski definition) is 3. The summed E-state index contributed by atoms with van der Waals surface area (Å²) >= 11 is 1.48. The highest BCUT2D eigenvalue weighted by atomic mass is 32.2. The van der Waals surface area contributed by atoms with Crippen molar-refractivity contribution in [1.29, 1.82) is 0 Å². The molecule has 0 bridgehead atoms. The highest BCUT2D eigenvalue weighted by Gasteiger charge is 2.32. The fourth-order valence-corrected chi connectivity index (χ4v) is 2.75. The minimum Gasteiger partial charge on any atom is -0.479 e. The minimum atomic E-state index is -1.98. The zero-order chi connectivity index (χ0) is 15.5. The molecule has 0 radical (unpaired) electrons. The van der Waals surface area contributed by atoms with Crippen molar-refractivity contribution in [3.05, 3.63) is 35.9 Å². The lowest BCUT2D eigenvalue weighted by Crippen LogP contribution is -2.48. The van der Waals surface area contributed by atoms with Crippen molar-refractivity contribution in [1.82, 2.24) is 5.32 Å². The Kier molecular flexibility index (Phi) is 4.64. The van der Waals surface area contributed by atoms with Gasteiger partial charge in [0, 0.05) is 11.3 Å². The molecule has 6 nitrogen and oxygen atoms in total. The number of aliphatic hydroxyl groups is 1. The van der Waals surface area contributed by atoms with Crippen molar-refractivity contribution >= 4 is 28.7 Å². The second-order valence-corrected chi connectivity index (χ2v) is 5.93. The Hall–Kier alpha value is -1.86. The number of nitrogens with zero attached hydrogens (tertiary/aromatic N) is 1. The fraction of sp³-hybridized carbons (Fsp3) is 0.357. The standard InChI is InChI=1S/C14H16N2O4S/c1-14(20,13(18)19)8-15-11(17)10-7-21-12(16-10)9-5-3-2-4-6-9/h2-6,10,20H,7-8H2,1H3,(H,15,17)(H,18,19). The molecule has 0 saturated heterocycles. The first-order valence-corrected chi connectivity index (χ1v) is 7.38. The van der Waals surface area contributed by atoms with Crippen LogP contribution in [0.3, 0.4) is 0 Å².